The fourth-order valence-corrected chi connectivity index (χ4v) is 3.66. The van der Waals surface area contributed by atoms with Gasteiger partial charge in [0, 0.05) is 30.8 Å². The third-order valence-electron chi connectivity index (χ3n) is 4.16. The summed E-state index contributed by atoms with van der Waals surface area (Å²) in [5, 5.41) is 5.04. The normalized spacial score (nSPS) is 11.4. The Morgan fingerprint density at radius 1 is 1.14 bits per heavy atom. The summed E-state index contributed by atoms with van der Waals surface area (Å²) in [6.45, 7) is 1.29. The molecule has 0 bridgehead atoms. The van der Waals surface area contributed by atoms with Crippen molar-refractivity contribution in [3.05, 3.63) is 86.6 Å². The van der Waals surface area contributed by atoms with E-state index < -0.39 is 5.91 Å². The fraction of sp³-hybridized carbons (Fsp3) is 0.190. The topological polar surface area (TPSA) is 72.7 Å². The van der Waals surface area contributed by atoms with Crippen LogP contribution in [0.4, 0.5) is 0 Å². The predicted octanol–water partition coefficient (Wildman–Crippen LogP) is 3.37. The summed E-state index contributed by atoms with van der Waals surface area (Å²) in [5.41, 5.74) is 1.75. The molecule has 0 atom stereocenters. The summed E-state index contributed by atoms with van der Waals surface area (Å²) in [5.74, 6) is -0.573. The van der Waals surface area contributed by atoms with Crippen molar-refractivity contribution in [1.29, 1.82) is 0 Å². The lowest BCUT2D eigenvalue weighted by Gasteiger charge is -2.11. The molecular weight excluding hydrogens is 410 g/mol. The Bertz CT molecular complexity index is 1070. The minimum absolute atomic E-state index is 0.167. The number of rotatable bonds is 7. The predicted molar refractivity (Wildman–Crippen MR) is 113 cm³/mol. The second-order valence-electron chi connectivity index (χ2n) is 6.12. The van der Waals surface area contributed by atoms with Crippen molar-refractivity contribution in [3.8, 4) is 0 Å². The molecule has 29 heavy (non-hydrogen) atoms. The standard InChI is InChI=1S/C21H20ClN3O3S/c1-28-12-10-23-19(26)16-7-3-2-6-15(16)14-25-11-13-29-21(25)24-20(27)17-8-4-5-9-18(17)22/h2-9,11,13H,10,12,14H2,1H3,(H,23,26). The average molecular weight is 430 g/mol. The van der Waals surface area contributed by atoms with Gasteiger partial charge >= 0.3 is 0 Å². The zero-order chi connectivity index (χ0) is 20.6. The summed E-state index contributed by atoms with van der Waals surface area (Å²) < 4.78 is 6.80. The quantitative estimate of drug-likeness (QED) is 0.585. The van der Waals surface area contributed by atoms with Crippen LogP contribution in [0.5, 0.6) is 0 Å². The molecule has 3 rings (SSSR count). The molecule has 3 aromatic rings. The SMILES string of the molecule is COCCNC(=O)c1ccccc1Cn1ccsc1=NC(=O)c1ccccc1Cl. The van der Waals surface area contributed by atoms with Crippen LogP contribution in [0.3, 0.4) is 0 Å². The summed E-state index contributed by atoms with van der Waals surface area (Å²) in [4.78, 5) is 29.8. The van der Waals surface area contributed by atoms with Crippen LogP contribution in [-0.4, -0.2) is 36.6 Å². The van der Waals surface area contributed by atoms with Gasteiger partial charge in [-0.25, -0.2) is 0 Å². The minimum Gasteiger partial charge on any atom is -0.383 e. The van der Waals surface area contributed by atoms with Gasteiger partial charge in [-0.3, -0.25) is 9.59 Å². The van der Waals surface area contributed by atoms with Crippen LogP contribution in [0.25, 0.3) is 0 Å². The number of benzene rings is 2. The first-order valence-corrected chi connectivity index (χ1v) is 10.2. The third-order valence-corrected chi connectivity index (χ3v) is 5.28. The highest BCUT2D eigenvalue weighted by Gasteiger charge is 2.12. The summed E-state index contributed by atoms with van der Waals surface area (Å²) in [6.07, 6.45) is 1.84. The Kier molecular flexibility index (Phi) is 7.35. The molecule has 2 aromatic carbocycles. The van der Waals surface area contributed by atoms with Crippen molar-refractivity contribution in [3.63, 3.8) is 0 Å². The van der Waals surface area contributed by atoms with Gasteiger partial charge < -0.3 is 14.6 Å². The summed E-state index contributed by atoms with van der Waals surface area (Å²) >= 11 is 7.44. The molecule has 0 saturated heterocycles. The molecule has 0 fully saturated rings. The molecule has 0 aliphatic rings. The molecule has 0 aliphatic carbocycles. The molecule has 1 N–H and O–H groups in total. The molecule has 1 heterocycles. The van der Waals surface area contributed by atoms with E-state index in [1.54, 1.807) is 37.4 Å². The van der Waals surface area contributed by atoms with Crippen molar-refractivity contribution in [1.82, 2.24) is 9.88 Å². The molecular formula is C21H20ClN3O3S. The van der Waals surface area contributed by atoms with Crippen LogP contribution in [0, 0.1) is 0 Å². The molecule has 0 radical (unpaired) electrons. The zero-order valence-corrected chi connectivity index (χ0v) is 17.4. The number of thiazole rings is 1. The maximum absolute atomic E-state index is 12.5. The van der Waals surface area contributed by atoms with Crippen molar-refractivity contribution < 1.29 is 14.3 Å². The van der Waals surface area contributed by atoms with E-state index in [0.717, 1.165) is 5.56 Å². The van der Waals surface area contributed by atoms with Crippen LogP contribution in [-0.2, 0) is 11.3 Å². The lowest BCUT2D eigenvalue weighted by molar-refractivity contribution is 0.0935. The van der Waals surface area contributed by atoms with E-state index in [0.29, 0.717) is 40.6 Å². The number of amides is 2. The van der Waals surface area contributed by atoms with Gasteiger partial charge in [0.25, 0.3) is 11.8 Å². The van der Waals surface area contributed by atoms with Crippen LogP contribution < -0.4 is 10.1 Å². The second-order valence-corrected chi connectivity index (χ2v) is 7.40. The Hall–Kier alpha value is -2.74. The number of nitrogens with one attached hydrogen (secondary N) is 1. The Labute approximate surface area is 177 Å². The van der Waals surface area contributed by atoms with Crippen molar-refractivity contribution in [2.75, 3.05) is 20.3 Å². The minimum atomic E-state index is -0.405. The van der Waals surface area contributed by atoms with E-state index in [-0.39, 0.29) is 5.91 Å². The lowest BCUT2D eigenvalue weighted by atomic mass is 10.1. The monoisotopic (exact) mass is 429 g/mol. The molecule has 6 nitrogen and oxygen atoms in total. The summed E-state index contributed by atoms with van der Waals surface area (Å²) in [7, 11) is 1.59. The molecule has 8 heteroatoms. The van der Waals surface area contributed by atoms with Gasteiger partial charge in [0.15, 0.2) is 4.80 Å². The third kappa shape index (κ3) is 5.41. The van der Waals surface area contributed by atoms with Gasteiger partial charge in [0.1, 0.15) is 0 Å². The number of aromatic nitrogens is 1. The number of hydrogen-bond acceptors (Lipinski definition) is 4. The zero-order valence-electron chi connectivity index (χ0n) is 15.8. The van der Waals surface area contributed by atoms with E-state index in [9.17, 15) is 9.59 Å². The number of carbonyl (C=O) groups excluding carboxylic acids is 2. The number of hydrogen-bond donors (Lipinski definition) is 1. The van der Waals surface area contributed by atoms with Gasteiger partial charge in [-0.1, -0.05) is 41.9 Å². The number of halogens is 1. The van der Waals surface area contributed by atoms with E-state index in [2.05, 4.69) is 10.3 Å². The highest BCUT2D eigenvalue weighted by molar-refractivity contribution is 7.07. The summed E-state index contributed by atoms with van der Waals surface area (Å²) in [6, 6.07) is 14.2. The smallest absolute Gasteiger partial charge is 0.281 e. The van der Waals surface area contributed by atoms with Gasteiger partial charge in [-0.15, -0.1) is 11.3 Å². The van der Waals surface area contributed by atoms with Crippen molar-refractivity contribution >= 4 is 34.8 Å². The lowest BCUT2D eigenvalue weighted by Crippen LogP contribution is -2.28. The molecule has 0 unspecified atom stereocenters. The maximum Gasteiger partial charge on any atom is 0.281 e. The van der Waals surface area contributed by atoms with Crippen molar-refractivity contribution in [2.24, 2.45) is 4.99 Å². The molecule has 0 saturated carbocycles. The van der Waals surface area contributed by atoms with Crippen LogP contribution in [0.2, 0.25) is 5.02 Å². The van der Waals surface area contributed by atoms with Crippen LogP contribution >= 0.6 is 22.9 Å². The number of ether oxygens (including phenoxy) is 1. The second kappa shape index (κ2) is 10.2. The Morgan fingerprint density at radius 2 is 1.86 bits per heavy atom. The van der Waals surface area contributed by atoms with Gasteiger partial charge in [0.05, 0.1) is 23.7 Å². The number of nitrogens with zero attached hydrogens (tertiary/aromatic N) is 2. The highest BCUT2D eigenvalue weighted by Crippen LogP contribution is 2.16. The van der Waals surface area contributed by atoms with Gasteiger partial charge in [-0.05, 0) is 23.8 Å². The maximum atomic E-state index is 12.5. The highest BCUT2D eigenvalue weighted by atomic mass is 35.5. The van der Waals surface area contributed by atoms with E-state index >= 15 is 0 Å². The first-order chi connectivity index (χ1) is 14.1. The number of carbonyl (C=O) groups is 2. The molecule has 0 aliphatic heterocycles. The van der Waals surface area contributed by atoms with Crippen LogP contribution in [0.15, 0.2) is 65.1 Å². The van der Waals surface area contributed by atoms with Gasteiger partial charge in [-0.2, -0.15) is 4.99 Å². The van der Waals surface area contributed by atoms with Crippen molar-refractivity contribution in [2.45, 2.75) is 6.54 Å². The first kappa shape index (κ1) is 21.0. The van der Waals surface area contributed by atoms with Crippen LogP contribution in [0.1, 0.15) is 26.3 Å². The molecule has 2 amide bonds. The van der Waals surface area contributed by atoms with E-state index in [1.165, 1.54) is 11.3 Å². The largest absolute Gasteiger partial charge is 0.383 e. The molecule has 150 valence electrons. The Morgan fingerprint density at radius 3 is 2.62 bits per heavy atom. The van der Waals surface area contributed by atoms with E-state index in [4.69, 9.17) is 16.3 Å². The van der Waals surface area contributed by atoms with E-state index in [1.807, 2.05) is 34.3 Å². The first-order valence-electron chi connectivity index (χ1n) is 8.92. The molecule has 1 aromatic heterocycles. The van der Waals surface area contributed by atoms with Gasteiger partial charge in [0.2, 0.25) is 0 Å². The molecule has 0 spiro atoms. The Balaban J connectivity index is 1.85. The fourth-order valence-electron chi connectivity index (χ4n) is 2.71. The number of methoxy groups -OCH3 is 1. The average Bonchev–Trinajstić information content (AvgIpc) is 3.15.